The maximum atomic E-state index is 12.9. The summed E-state index contributed by atoms with van der Waals surface area (Å²) in [6.45, 7) is 1.43. The molecule has 4 aromatic rings. The van der Waals surface area contributed by atoms with Crippen LogP contribution < -0.4 is 5.32 Å². The van der Waals surface area contributed by atoms with Crippen molar-refractivity contribution in [2.75, 3.05) is 31.6 Å². The van der Waals surface area contributed by atoms with Crippen molar-refractivity contribution < 1.29 is 17.9 Å². The standard InChI is InChI=1S/C21H19N5O4S2/c27-21(17-14-23-26-18(7-8-22-20(17)26)19-2-1-13-31-19)24-15-3-5-16(6-4-15)32(28,29)25-9-11-30-12-10-25/h1-8,13-14H,9-12H2,(H,24,27). The molecule has 164 valence electrons. The molecule has 9 nitrogen and oxygen atoms in total. The number of hydrogen-bond acceptors (Lipinski definition) is 7. The van der Waals surface area contributed by atoms with Crippen LogP contribution in [0, 0.1) is 0 Å². The highest BCUT2D eigenvalue weighted by atomic mass is 32.2. The van der Waals surface area contributed by atoms with E-state index in [0.717, 1.165) is 10.6 Å². The number of hydrogen-bond donors (Lipinski definition) is 1. The Morgan fingerprint density at radius 3 is 2.59 bits per heavy atom. The molecule has 11 heteroatoms. The van der Waals surface area contributed by atoms with Crippen molar-refractivity contribution in [3.05, 3.63) is 65.8 Å². The third kappa shape index (κ3) is 3.79. The number of sulfonamides is 1. The summed E-state index contributed by atoms with van der Waals surface area (Å²) in [5, 5.41) is 9.11. The minimum atomic E-state index is -3.59. The van der Waals surface area contributed by atoms with Gasteiger partial charge in [-0.3, -0.25) is 4.79 Å². The Morgan fingerprint density at radius 2 is 1.88 bits per heavy atom. The fraction of sp³-hybridized carbons (Fsp3) is 0.190. The molecular weight excluding hydrogens is 450 g/mol. The van der Waals surface area contributed by atoms with E-state index in [9.17, 15) is 13.2 Å². The number of carbonyl (C=O) groups is 1. The summed E-state index contributed by atoms with van der Waals surface area (Å²) in [7, 11) is -3.59. The number of ether oxygens (including phenoxy) is 1. The van der Waals surface area contributed by atoms with Gasteiger partial charge in [0, 0.05) is 25.0 Å². The largest absolute Gasteiger partial charge is 0.379 e. The average molecular weight is 470 g/mol. The van der Waals surface area contributed by atoms with Gasteiger partial charge in [0.2, 0.25) is 10.0 Å². The van der Waals surface area contributed by atoms with E-state index in [1.807, 2.05) is 23.6 Å². The molecule has 0 atom stereocenters. The Hall–Kier alpha value is -3.12. The highest BCUT2D eigenvalue weighted by molar-refractivity contribution is 7.89. The maximum absolute atomic E-state index is 12.9. The fourth-order valence-electron chi connectivity index (χ4n) is 3.51. The van der Waals surface area contributed by atoms with Crippen molar-refractivity contribution in [1.29, 1.82) is 0 Å². The van der Waals surface area contributed by atoms with E-state index in [-0.39, 0.29) is 10.8 Å². The zero-order valence-electron chi connectivity index (χ0n) is 16.8. The molecule has 0 aliphatic carbocycles. The molecule has 0 radical (unpaired) electrons. The SMILES string of the molecule is O=C(Nc1ccc(S(=O)(=O)N2CCOCC2)cc1)c1cnn2c(-c3cccs3)ccnc12. The molecule has 0 saturated carbocycles. The highest BCUT2D eigenvalue weighted by Crippen LogP contribution is 2.26. The lowest BCUT2D eigenvalue weighted by atomic mass is 10.2. The quantitative estimate of drug-likeness (QED) is 0.482. The highest BCUT2D eigenvalue weighted by Gasteiger charge is 2.26. The predicted octanol–water partition coefficient (Wildman–Crippen LogP) is 2.73. The summed E-state index contributed by atoms with van der Waals surface area (Å²) in [6, 6.07) is 11.9. The lowest BCUT2D eigenvalue weighted by Crippen LogP contribution is -2.40. The van der Waals surface area contributed by atoms with E-state index in [1.54, 1.807) is 34.2 Å². The van der Waals surface area contributed by atoms with Gasteiger partial charge in [-0.25, -0.2) is 17.9 Å². The second-order valence-electron chi connectivity index (χ2n) is 7.10. The molecule has 1 aromatic carbocycles. The van der Waals surface area contributed by atoms with E-state index in [1.165, 1.54) is 22.6 Å². The van der Waals surface area contributed by atoms with Gasteiger partial charge >= 0.3 is 0 Å². The topological polar surface area (TPSA) is 106 Å². The van der Waals surface area contributed by atoms with Gasteiger partial charge < -0.3 is 10.1 Å². The van der Waals surface area contributed by atoms with Crippen LogP contribution in [0.15, 0.2) is 65.1 Å². The number of nitrogens with one attached hydrogen (secondary N) is 1. The Morgan fingerprint density at radius 1 is 1.09 bits per heavy atom. The Bertz CT molecular complexity index is 1360. The normalized spacial score (nSPS) is 15.1. The fourth-order valence-corrected chi connectivity index (χ4v) is 5.65. The second kappa shape index (κ2) is 8.43. The molecule has 32 heavy (non-hydrogen) atoms. The van der Waals surface area contributed by atoms with E-state index < -0.39 is 10.0 Å². The first-order valence-corrected chi connectivity index (χ1v) is 12.2. The van der Waals surface area contributed by atoms with Crippen LogP contribution in [0.25, 0.3) is 16.2 Å². The van der Waals surface area contributed by atoms with Crippen LogP contribution in [0.4, 0.5) is 5.69 Å². The predicted molar refractivity (Wildman–Crippen MR) is 120 cm³/mol. The van der Waals surface area contributed by atoms with Gasteiger partial charge in [-0.05, 0) is 41.8 Å². The maximum Gasteiger partial charge on any atom is 0.261 e. The first-order valence-electron chi connectivity index (χ1n) is 9.90. The number of nitrogens with zero attached hydrogens (tertiary/aromatic N) is 4. The Kier molecular flexibility index (Phi) is 5.47. The summed E-state index contributed by atoms with van der Waals surface area (Å²) < 4.78 is 33.8. The van der Waals surface area contributed by atoms with Crippen LogP contribution in [-0.4, -0.2) is 59.5 Å². The van der Waals surface area contributed by atoms with Gasteiger partial charge in [0.25, 0.3) is 5.91 Å². The molecule has 1 saturated heterocycles. The Labute approximate surface area is 188 Å². The number of thiophene rings is 1. The molecular formula is C21H19N5O4S2. The number of benzene rings is 1. The van der Waals surface area contributed by atoms with Crippen molar-refractivity contribution in [1.82, 2.24) is 18.9 Å². The monoisotopic (exact) mass is 469 g/mol. The van der Waals surface area contributed by atoms with Crippen LogP contribution >= 0.6 is 11.3 Å². The smallest absolute Gasteiger partial charge is 0.261 e. The zero-order valence-corrected chi connectivity index (χ0v) is 18.5. The lowest BCUT2D eigenvalue weighted by Gasteiger charge is -2.26. The molecule has 3 aromatic heterocycles. The van der Waals surface area contributed by atoms with Gasteiger partial charge in [0.1, 0.15) is 5.56 Å². The summed E-state index contributed by atoms with van der Waals surface area (Å²) >= 11 is 1.58. The number of carbonyl (C=O) groups excluding carboxylic acids is 1. The minimum absolute atomic E-state index is 0.177. The van der Waals surface area contributed by atoms with Gasteiger partial charge in [-0.2, -0.15) is 9.40 Å². The number of fused-ring (bicyclic) bond motifs is 1. The molecule has 1 aliphatic heterocycles. The van der Waals surface area contributed by atoms with E-state index >= 15 is 0 Å². The second-order valence-corrected chi connectivity index (χ2v) is 9.98. The average Bonchev–Trinajstić information content (AvgIpc) is 3.50. The molecule has 5 rings (SSSR count). The van der Waals surface area contributed by atoms with Crippen LogP contribution in [0.2, 0.25) is 0 Å². The zero-order chi connectivity index (χ0) is 22.1. The molecule has 0 bridgehead atoms. The first kappa shape index (κ1) is 20.8. The van der Waals surface area contributed by atoms with Crippen LogP contribution in [0.1, 0.15) is 10.4 Å². The third-order valence-corrected chi connectivity index (χ3v) is 7.94. The molecule has 1 fully saturated rings. The summed E-state index contributed by atoms with van der Waals surface area (Å²) in [5.41, 5.74) is 2.10. The van der Waals surface area contributed by atoms with E-state index in [2.05, 4.69) is 15.4 Å². The van der Waals surface area contributed by atoms with Crippen molar-refractivity contribution in [2.24, 2.45) is 0 Å². The summed E-state index contributed by atoms with van der Waals surface area (Å²) in [4.78, 5) is 18.4. The van der Waals surface area contributed by atoms with E-state index in [0.29, 0.717) is 43.2 Å². The van der Waals surface area contributed by atoms with Crippen LogP contribution in [0.5, 0.6) is 0 Å². The number of morpholine rings is 1. The van der Waals surface area contributed by atoms with Gasteiger partial charge in [-0.1, -0.05) is 6.07 Å². The lowest BCUT2D eigenvalue weighted by molar-refractivity contribution is 0.0730. The first-order chi connectivity index (χ1) is 15.5. The van der Waals surface area contributed by atoms with Crippen molar-refractivity contribution in [3.63, 3.8) is 0 Å². The van der Waals surface area contributed by atoms with Gasteiger partial charge in [-0.15, -0.1) is 11.3 Å². The van der Waals surface area contributed by atoms with Crippen LogP contribution in [-0.2, 0) is 14.8 Å². The number of anilines is 1. The van der Waals surface area contributed by atoms with Crippen molar-refractivity contribution >= 4 is 38.6 Å². The molecule has 0 unspecified atom stereocenters. The minimum Gasteiger partial charge on any atom is -0.379 e. The number of rotatable bonds is 5. The Balaban J connectivity index is 1.36. The molecule has 4 heterocycles. The summed E-state index contributed by atoms with van der Waals surface area (Å²) in [6.07, 6.45) is 3.13. The van der Waals surface area contributed by atoms with Gasteiger partial charge in [0.05, 0.1) is 34.9 Å². The molecule has 1 amide bonds. The third-order valence-electron chi connectivity index (χ3n) is 5.14. The number of amides is 1. The number of aromatic nitrogens is 3. The molecule has 1 N–H and O–H groups in total. The molecule has 0 spiro atoms. The van der Waals surface area contributed by atoms with E-state index in [4.69, 9.17) is 4.74 Å². The van der Waals surface area contributed by atoms with Gasteiger partial charge in [0.15, 0.2) is 5.65 Å². The summed E-state index contributed by atoms with van der Waals surface area (Å²) in [5.74, 6) is -0.375. The molecule has 1 aliphatic rings. The van der Waals surface area contributed by atoms with Crippen LogP contribution in [0.3, 0.4) is 0 Å². The van der Waals surface area contributed by atoms with Crippen molar-refractivity contribution in [3.8, 4) is 10.6 Å². The van der Waals surface area contributed by atoms with Crippen molar-refractivity contribution in [2.45, 2.75) is 4.90 Å².